The van der Waals surface area contributed by atoms with Crippen LogP contribution in [-0.4, -0.2) is 47.0 Å². The number of aliphatic hydroxyl groups excluding tert-OH is 1. The van der Waals surface area contributed by atoms with E-state index < -0.39 is 8.32 Å². The van der Waals surface area contributed by atoms with E-state index in [1.807, 2.05) is 38.1 Å². The smallest absolute Gasteiger partial charge is 0.247 e. The standard InChI is InChI=1S/C27H31ClN4O2Si.C21H17ClN4O2/c1-18-20(11-14-23(30-6)24(18)28)17-21(15-16-33-35(7,8)27(2,3)4)26-32-31-25(34-26)19-9-12-22(29-5)13-10-19;1-13-15(6-9-18(24-3)19(13)22)12-16(10-11-27)21-26-25-20(28-21)14-4-7-17(23-2)8-5-14/h9-14,21H,15-17H2,1-4,7-8H3;4-9,16,27H,10-12H2,1H3/t21-;16-/m00/s1. The highest BCUT2D eigenvalue weighted by molar-refractivity contribution is 6.74. The number of aliphatic hydroxyl groups is 1. The normalized spacial score (nSPS) is 12.2. The summed E-state index contributed by atoms with van der Waals surface area (Å²) in [6, 6.07) is 21.3. The van der Waals surface area contributed by atoms with Crippen LogP contribution >= 0.6 is 23.2 Å². The Morgan fingerprint density at radius 1 is 0.635 bits per heavy atom. The van der Waals surface area contributed by atoms with E-state index in [0.29, 0.717) is 88.6 Å². The van der Waals surface area contributed by atoms with Crippen LogP contribution < -0.4 is 0 Å². The van der Waals surface area contributed by atoms with Gasteiger partial charge in [0.05, 0.1) is 36.3 Å². The fraction of sp³-hybridized carbons (Fsp3) is 0.333. The molecule has 12 nitrogen and oxygen atoms in total. The lowest BCUT2D eigenvalue weighted by Crippen LogP contribution is -2.41. The van der Waals surface area contributed by atoms with Crippen molar-refractivity contribution in [2.45, 2.75) is 90.3 Å². The molecule has 4 aromatic carbocycles. The Hall–Kier alpha value is -6.16. The number of nitrogens with zero attached hydrogens (tertiary/aromatic N) is 8. The molecule has 0 spiro atoms. The molecule has 2 atom stereocenters. The maximum absolute atomic E-state index is 9.48. The van der Waals surface area contributed by atoms with Crippen LogP contribution in [0.15, 0.2) is 81.6 Å². The monoisotopic (exact) mass is 898 g/mol. The van der Waals surface area contributed by atoms with Gasteiger partial charge in [-0.05, 0) is 79.9 Å². The zero-order valence-electron chi connectivity index (χ0n) is 36.3. The molecule has 0 aliphatic heterocycles. The number of aromatic nitrogens is 4. The molecule has 0 saturated carbocycles. The maximum Gasteiger partial charge on any atom is 0.247 e. The fourth-order valence-electron chi connectivity index (χ4n) is 6.41. The van der Waals surface area contributed by atoms with Crippen molar-refractivity contribution >= 4 is 54.3 Å². The van der Waals surface area contributed by atoms with E-state index in [0.717, 1.165) is 33.4 Å². The van der Waals surface area contributed by atoms with Crippen LogP contribution in [0.25, 0.3) is 42.3 Å². The zero-order chi connectivity index (χ0) is 45.9. The van der Waals surface area contributed by atoms with E-state index >= 15 is 0 Å². The maximum atomic E-state index is 9.48. The van der Waals surface area contributed by atoms with Gasteiger partial charge in [0.15, 0.2) is 19.7 Å². The van der Waals surface area contributed by atoms with Gasteiger partial charge in [-0.3, -0.25) is 0 Å². The molecule has 0 radical (unpaired) electrons. The van der Waals surface area contributed by atoms with Gasteiger partial charge in [-0.2, -0.15) is 0 Å². The van der Waals surface area contributed by atoms with E-state index in [1.54, 1.807) is 48.5 Å². The summed E-state index contributed by atoms with van der Waals surface area (Å²) < 4.78 is 18.4. The average Bonchev–Trinajstić information content (AvgIpc) is 3.98. The molecule has 0 bridgehead atoms. The Morgan fingerprint density at radius 3 is 1.41 bits per heavy atom. The topological polar surface area (TPSA) is 125 Å². The Labute approximate surface area is 380 Å². The van der Waals surface area contributed by atoms with E-state index in [2.05, 4.69) is 73.6 Å². The first-order valence-corrected chi connectivity index (χ1v) is 23.9. The largest absolute Gasteiger partial charge is 0.420 e. The van der Waals surface area contributed by atoms with Crippen LogP contribution in [0.1, 0.15) is 79.5 Å². The van der Waals surface area contributed by atoms with E-state index in [1.165, 1.54) is 0 Å². The Kier molecular flexibility index (Phi) is 16.2. The summed E-state index contributed by atoms with van der Waals surface area (Å²) in [5, 5.41) is 27.5. The van der Waals surface area contributed by atoms with Gasteiger partial charge >= 0.3 is 0 Å². The molecule has 0 unspecified atom stereocenters. The molecule has 0 saturated heterocycles. The zero-order valence-corrected chi connectivity index (χ0v) is 38.8. The molecule has 6 aromatic rings. The van der Waals surface area contributed by atoms with Crippen molar-refractivity contribution < 1.29 is 18.4 Å². The molecule has 0 aliphatic carbocycles. The first-order valence-electron chi connectivity index (χ1n) is 20.2. The van der Waals surface area contributed by atoms with Crippen molar-refractivity contribution in [1.82, 2.24) is 20.4 Å². The van der Waals surface area contributed by atoms with Crippen molar-refractivity contribution in [3.05, 3.63) is 163 Å². The summed E-state index contributed by atoms with van der Waals surface area (Å²) >= 11 is 12.7. The van der Waals surface area contributed by atoms with Gasteiger partial charge in [0.2, 0.25) is 34.9 Å². The molecule has 63 heavy (non-hydrogen) atoms. The summed E-state index contributed by atoms with van der Waals surface area (Å²) in [5.41, 5.74) is 7.22. The predicted molar refractivity (Wildman–Crippen MR) is 249 cm³/mol. The second-order valence-corrected chi connectivity index (χ2v) is 22.1. The minimum absolute atomic E-state index is 0.0189. The summed E-state index contributed by atoms with van der Waals surface area (Å²) in [5.74, 6) is 1.51. The molecule has 15 heteroatoms. The Morgan fingerprint density at radius 2 is 1.05 bits per heavy atom. The van der Waals surface area contributed by atoms with Crippen LogP contribution in [0.3, 0.4) is 0 Å². The van der Waals surface area contributed by atoms with Crippen molar-refractivity contribution in [3.63, 3.8) is 0 Å². The number of halogens is 2. The predicted octanol–water partition coefficient (Wildman–Crippen LogP) is 14.0. The van der Waals surface area contributed by atoms with Crippen LogP contribution in [0.4, 0.5) is 22.7 Å². The average molecular weight is 900 g/mol. The first kappa shape index (κ1) is 47.9. The number of benzene rings is 4. The fourth-order valence-corrected chi connectivity index (χ4v) is 7.93. The highest BCUT2D eigenvalue weighted by Crippen LogP contribution is 2.39. The lowest BCUT2D eigenvalue weighted by Gasteiger charge is -2.36. The van der Waals surface area contributed by atoms with E-state index in [4.69, 9.17) is 62.8 Å². The Balaban J connectivity index is 0.000000243. The number of rotatable bonds is 14. The second-order valence-electron chi connectivity index (χ2n) is 16.5. The highest BCUT2D eigenvalue weighted by Gasteiger charge is 2.37. The molecule has 322 valence electrons. The van der Waals surface area contributed by atoms with E-state index in [9.17, 15) is 5.11 Å². The summed E-state index contributed by atoms with van der Waals surface area (Å²) in [4.78, 5) is 13.7. The molecule has 2 aromatic heterocycles. The van der Waals surface area contributed by atoms with Crippen molar-refractivity contribution in [2.24, 2.45) is 0 Å². The van der Waals surface area contributed by atoms with Crippen molar-refractivity contribution in [1.29, 1.82) is 0 Å². The van der Waals surface area contributed by atoms with Crippen LogP contribution in [0.2, 0.25) is 28.2 Å². The molecule has 0 fully saturated rings. The number of hydrogen-bond acceptors (Lipinski definition) is 8. The van der Waals surface area contributed by atoms with Crippen LogP contribution in [0, 0.1) is 40.1 Å². The summed E-state index contributed by atoms with van der Waals surface area (Å²) in [6.45, 7) is 44.2. The van der Waals surface area contributed by atoms with Gasteiger partial charge in [-0.15, -0.1) is 20.4 Å². The molecular formula is C48H48Cl2N8O4Si. The lowest BCUT2D eigenvalue weighted by molar-refractivity contribution is 0.262. The lowest BCUT2D eigenvalue weighted by atomic mass is 9.93. The molecule has 6 rings (SSSR count). The van der Waals surface area contributed by atoms with Crippen LogP contribution in [0.5, 0.6) is 0 Å². The third-order valence-corrected chi connectivity index (χ3v) is 16.9. The van der Waals surface area contributed by atoms with E-state index in [-0.39, 0.29) is 23.5 Å². The number of hydrogen-bond donors (Lipinski definition) is 1. The van der Waals surface area contributed by atoms with Gasteiger partial charge in [0, 0.05) is 36.2 Å². The molecule has 1 N–H and O–H groups in total. The SMILES string of the molecule is [C-]#[N+]c1ccc(-c2nnc([C@@H](CCO)Cc3ccc([N+]#[C-])c(Cl)c3C)o2)cc1.[C-]#[N+]c1ccc(-c2nnc([C@@H](CCO[Si](C)(C)C(C)(C)C)Cc3ccc([N+]#[C-])c(Cl)c3C)o2)cc1. The Bertz CT molecular complexity index is 2700. The highest BCUT2D eigenvalue weighted by atomic mass is 35.5. The van der Waals surface area contributed by atoms with Gasteiger partial charge < -0.3 is 18.4 Å². The quantitative estimate of drug-likeness (QED) is 0.0846. The van der Waals surface area contributed by atoms with Crippen molar-refractivity contribution in [2.75, 3.05) is 13.2 Å². The summed E-state index contributed by atoms with van der Waals surface area (Å²) in [6.07, 6.45) is 2.37. The van der Waals surface area contributed by atoms with Gasteiger partial charge in [-0.1, -0.05) is 117 Å². The summed E-state index contributed by atoms with van der Waals surface area (Å²) in [7, 11) is -1.90. The molecule has 2 heterocycles. The van der Waals surface area contributed by atoms with Gasteiger partial charge in [0.25, 0.3) is 0 Å². The van der Waals surface area contributed by atoms with Gasteiger partial charge in [0.1, 0.15) is 0 Å². The third kappa shape index (κ3) is 11.9. The molecule has 0 aliphatic rings. The minimum Gasteiger partial charge on any atom is -0.420 e. The first-order chi connectivity index (χ1) is 30.0. The minimum atomic E-state index is -1.90. The third-order valence-electron chi connectivity index (χ3n) is 11.4. The molecular weight excluding hydrogens is 852 g/mol. The van der Waals surface area contributed by atoms with Gasteiger partial charge in [-0.25, -0.2) is 19.4 Å². The second kappa shape index (κ2) is 21.3. The van der Waals surface area contributed by atoms with Crippen molar-refractivity contribution in [3.8, 4) is 22.9 Å². The molecule has 0 amide bonds. The van der Waals surface area contributed by atoms with Crippen LogP contribution in [-0.2, 0) is 17.3 Å².